The number of hydrogen-bond donors (Lipinski definition) is 3. The predicted octanol–water partition coefficient (Wildman–Crippen LogP) is 3.88. The SMILES string of the molecule is CN(C)c1ccc(NC(=O)OCC(=O)[C@@]2(O)CCC3C4CCC5=CC(=O)C=CC5(C)C4[C@@H](O)CC32C)cc1. The van der Waals surface area contributed by atoms with Crippen molar-refractivity contribution in [1.82, 2.24) is 0 Å². The van der Waals surface area contributed by atoms with E-state index in [2.05, 4.69) is 12.2 Å². The highest BCUT2D eigenvalue weighted by molar-refractivity contribution is 6.01. The number of amides is 1. The number of rotatable bonds is 5. The van der Waals surface area contributed by atoms with Gasteiger partial charge in [0.25, 0.3) is 0 Å². The number of aliphatic hydroxyl groups is 2. The van der Waals surface area contributed by atoms with Gasteiger partial charge < -0.3 is 19.8 Å². The van der Waals surface area contributed by atoms with E-state index in [4.69, 9.17) is 4.74 Å². The fourth-order valence-corrected chi connectivity index (χ4v) is 8.04. The number of ketones is 2. The van der Waals surface area contributed by atoms with E-state index in [0.29, 0.717) is 12.1 Å². The summed E-state index contributed by atoms with van der Waals surface area (Å²) in [4.78, 5) is 39.7. The van der Waals surface area contributed by atoms with Crippen molar-refractivity contribution in [2.75, 3.05) is 30.9 Å². The van der Waals surface area contributed by atoms with Crippen LogP contribution in [-0.2, 0) is 14.3 Å². The number of hydrogen-bond acceptors (Lipinski definition) is 7. The lowest BCUT2D eigenvalue weighted by Gasteiger charge is -2.59. The quantitative estimate of drug-likeness (QED) is 0.537. The second-order valence-electron chi connectivity index (χ2n) is 12.2. The van der Waals surface area contributed by atoms with E-state index in [0.717, 1.165) is 24.1 Å². The van der Waals surface area contributed by atoms with Gasteiger partial charge >= 0.3 is 6.09 Å². The topological polar surface area (TPSA) is 116 Å². The molecule has 204 valence electrons. The fourth-order valence-electron chi connectivity index (χ4n) is 8.04. The zero-order valence-electron chi connectivity index (χ0n) is 22.6. The first-order chi connectivity index (χ1) is 17.9. The molecule has 3 fully saturated rings. The molecule has 3 saturated carbocycles. The van der Waals surface area contributed by atoms with Gasteiger partial charge in [0.15, 0.2) is 12.4 Å². The smallest absolute Gasteiger partial charge is 0.412 e. The van der Waals surface area contributed by atoms with Crippen LogP contribution in [0.5, 0.6) is 0 Å². The number of anilines is 2. The molecule has 4 aliphatic rings. The molecule has 8 nitrogen and oxygen atoms in total. The molecular formula is C30H38N2O6. The predicted molar refractivity (Wildman–Crippen MR) is 144 cm³/mol. The van der Waals surface area contributed by atoms with Gasteiger partial charge in [0.2, 0.25) is 5.78 Å². The van der Waals surface area contributed by atoms with E-state index in [-0.39, 0.29) is 36.4 Å². The number of aliphatic hydroxyl groups excluding tert-OH is 1. The van der Waals surface area contributed by atoms with Crippen LogP contribution in [-0.4, -0.2) is 60.3 Å². The Bertz CT molecular complexity index is 1210. The Labute approximate surface area is 223 Å². The van der Waals surface area contributed by atoms with Gasteiger partial charge in [-0.3, -0.25) is 14.9 Å². The van der Waals surface area contributed by atoms with Crippen molar-refractivity contribution < 1.29 is 29.3 Å². The van der Waals surface area contributed by atoms with Gasteiger partial charge in [-0.15, -0.1) is 0 Å². The minimum atomic E-state index is -1.69. The summed E-state index contributed by atoms with van der Waals surface area (Å²) in [7, 11) is 3.84. The molecule has 1 aromatic rings. The van der Waals surface area contributed by atoms with Crippen molar-refractivity contribution in [3.05, 3.63) is 48.1 Å². The van der Waals surface area contributed by atoms with E-state index in [1.165, 1.54) is 0 Å². The van der Waals surface area contributed by atoms with Crippen LogP contribution >= 0.6 is 0 Å². The Morgan fingerprint density at radius 1 is 1.16 bits per heavy atom. The van der Waals surface area contributed by atoms with Gasteiger partial charge in [0.05, 0.1) is 6.10 Å². The summed E-state index contributed by atoms with van der Waals surface area (Å²) in [5.41, 5.74) is -0.346. The largest absolute Gasteiger partial charge is 0.441 e. The van der Waals surface area contributed by atoms with Gasteiger partial charge in [0.1, 0.15) is 5.60 Å². The Morgan fingerprint density at radius 2 is 1.87 bits per heavy atom. The number of Topliss-reactive ketones (excluding diaryl/α,β-unsaturated/α-hetero) is 1. The van der Waals surface area contributed by atoms with Crippen molar-refractivity contribution in [1.29, 1.82) is 0 Å². The highest BCUT2D eigenvalue weighted by Gasteiger charge is 2.68. The van der Waals surface area contributed by atoms with Crippen molar-refractivity contribution in [3.8, 4) is 0 Å². The minimum absolute atomic E-state index is 0.0125. The number of carbonyl (C=O) groups is 3. The molecular weight excluding hydrogens is 484 g/mol. The maximum atomic E-state index is 13.4. The van der Waals surface area contributed by atoms with Gasteiger partial charge in [-0.2, -0.15) is 0 Å². The number of ether oxygens (including phenoxy) is 1. The van der Waals surface area contributed by atoms with E-state index in [9.17, 15) is 24.6 Å². The lowest BCUT2D eigenvalue weighted by Crippen LogP contribution is -2.61. The number of benzene rings is 1. The Kier molecular flexibility index (Phi) is 6.55. The molecule has 0 spiro atoms. The number of nitrogens with zero attached hydrogens (tertiary/aromatic N) is 1. The van der Waals surface area contributed by atoms with Crippen LogP contribution in [0.1, 0.15) is 46.0 Å². The molecule has 0 aliphatic heterocycles. The first kappa shape index (κ1) is 26.6. The monoisotopic (exact) mass is 522 g/mol. The summed E-state index contributed by atoms with van der Waals surface area (Å²) in [5, 5.41) is 25.9. The number of carbonyl (C=O) groups excluding carboxylic acids is 3. The molecule has 1 amide bonds. The normalized spacial score (nSPS) is 37.4. The summed E-state index contributed by atoms with van der Waals surface area (Å²) in [5.74, 6) is -0.472. The molecule has 8 heteroatoms. The highest BCUT2D eigenvalue weighted by atomic mass is 16.6. The lowest BCUT2D eigenvalue weighted by atomic mass is 9.46. The summed E-state index contributed by atoms with van der Waals surface area (Å²) in [6.07, 6.45) is 6.53. The zero-order chi connectivity index (χ0) is 27.5. The van der Waals surface area contributed by atoms with Crippen molar-refractivity contribution >= 4 is 29.0 Å². The Balaban J connectivity index is 1.28. The molecule has 5 rings (SSSR count). The molecule has 38 heavy (non-hydrogen) atoms. The average Bonchev–Trinajstić information content (AvgIpc) is 3.14. The van der Waals surface area contributed by atoms with Crippen LogP contribution < -0.4 is 10.2 Å². The molecule has 0 heterocycles. The highest BCUT2D eigenvalue weighted by Crippen LogP contribution is 2.67. The second kappa shape index (κ2) is 9.35. The standard InChI is InChI=1S/C30H38N2O6/c1-28-13-11-21(33)15-18(28)5-10-22-23-12-14-30(37,29(23,2)16-24(34)26(22)28)25(35)17-38-27(36)31-19-6-8-20(9-7-19)32(3)4/h6-9,11,13,15,22-24,26,34,37H,5,10,12,14,16-17H2,1-4H3,(H,31,36)/t22?,23?,24-,26?,28?,29?,30-/m0/s1. The van der Waals surface area contributed by atoms with Gasteiger partial charge in [0, 0.05) is 42.2 Å². The number of fused-ring (bicyclic) bond motifs is 5. The first-order valence-electron chi connectivity index (χ1n) is 13.5. The van der Waals surface area contributed by atoms with Crippen LogP contribution in [0.4, 0.5) is 16.2 Å². The molecule has 0 radical (unpaired) electrons. The summed E-state index contributed by atoms with van der Waals surface area (Å²) in [6.45, 7) is 3.46. The third-order valence-electron chi connectivity index (χ3n) is 10.1. The van der Waals surface area contributed by atoms with Crippen LogP contribution in [0.3, 0.4) is 0 Å². The third-order valence-corrected chi connectivity index (χ3v) is 10.1. The number of allylic oxidation sites excluding steroid dienone is 4. The third kappa shape index (κ3) is 4.09. The van der Waals surface area contributed by atoms with Crippen LogP contribution in [0.25, 0.3) is 0 Å². The van der Waals surface area contributed by atoms with Gasteiger partial charge in [-0.05, 0) is 80.4 Å². The molecule has 0 saturated heterocycles. The van der Waals surface area contributed by atoms with Crippen molar-refractivity contribution in [2.45, 2.75) is 57.7 Å². The maximum Gasteiger partial charge on any atom is 0.412 e. The van der Waals surface area contributed by atoms with E-state index in [1.807, 2.05) is 44.1 Å². The van der Waals surface area contributed by atoms with Crippen LogP contribution in [0.15, 0.2) is 48.1 Å². The molecule has 4 aliphatic carbocycles. The maximum absolute atomic E-state index is 13.4. The molecule has 0 aromatic heterocycles. The second-order valence-corrected chi connectivity index (χ2v) is 12.2. The van der Waals surface area contributed by atoms with E-state index >= 15 is 0 Å². The zero-order valence-corrected chi connectivity index (χ0v) is 22.6. The van der Waals surface area contributed by atoms with E-state index in [1.54, 1.807) is 24.3 Å². The van der Waals surface area contributed by atoms with Gasteiger partial charge in [-0.25, -0.2) is 4.79 Å². The molecule has 1 aromatic carbocycles. The molecule has 7 atom stereocenters. The molecule has 0 bridgehead atoms. The Hall–Kier alpha value is -2.97. The summed E-state index contributed by atoms with van der Waals surface area (Å²) in [6, 6.07) is 7.21. The van der Waals surface area contributed by atoms with Crippen molar-refractivity contribution in [3.63, 3.8) is 0 Å². The summed E-state index contributed by atoms with van der Waals surface area (Å²) < 4.78 is 5.24. The van der Waals surface area contributed by atoms with Crippen LogP contribution in [0.2, 0.25) is 0 Å². The van der Waals surface area contributed by atoms with Crippen LogP contribution in [0, 0.1) is 28.6 Å². The molecule has 3 N–H and O–H groups in total. The minimum Gasteiger partial charge on any atom is -0.441 e. The molecule has 5 unspecified atom stereocenters. The van der Waals surface area contributed by atoms with E-state index < -0.39 is 41.0 Å². The first-order valence-corrected chi connectivity index (χ1v) is 13.5. The number of nitrogens with one attached hydrogen (secondary N) is 1. The Morgan fingerprint density at radius 3 is 2.55 bits per heavy atom. The van der Waals surface area contributed by atoms with Crippen molar-refractivity contribution in [2.24, 2.45) is 28.6 Å². The average molecular weight is 523 g/mol. The fraction of sp³-hybridized carbons (Fsp3) is 0.567. The van der Waals surface area contributed by atoms with Gasteiger partial charge in [-0.1, -0.05) is 25.5 Å². The summed E-state index contributed by atoms with van der Waals surface area (Å²) >= 11 is 0. The lowest BCUT2D eigenvalue weighted by molar-refractivity contribution is -0.178.